The van der Waals surface area contributed by atoms with E-state index in [1.807, 2.05) is 0 Å². The average Bonchev–Trinajstić information content (AvgIpc) is 3.68. The van der Waals surface area contributed by atoms with Crippen LogP contribution in [0.15, 0.2) is 0 Å². The number of hydrogen-bond acceptors (Lipinski definition) is 1. The first-order valence-electron chi connectivity index (χ1n) is 13.7. The van der Waals surface area contributed by atoms with Crippen molar-refractivity contribution in [3.63, 3.8) is 0 Å². The summed E-state index contributed by atoms with van der Waals surface area (Å²) in [5, 5.41) is 0. The van der Waals surface area contributed by atoms with Gasteiger partial charge in [-0.15, -0.1) is 0 Å². The summed E-state index contributed by atoms with van der Waals surface area (Å²) >= 11 is 0. The Morgan fingerprint density at radius 2 is 1.52 bits per heavy atom. The molecule has 0 amide bonds. The van der Waals surface area contributed by atoms with Gasteiger partial charge < -0.3 is 0 Å². The summed E-state index contributed by atoms with van der Waals surface area (Å²) in [6.45, 7) is -0.864. The van der Waals surface area contributed by atoms with Crippen molar-refractivity contribution in [2.75, 3.05) is 0 Å². The minimum atomic E-state index is -3.24. The molecule has 10 heterocycles. The molecule has 0 N–H and O–H groups in total. The second kappa shape index (κ2) is 1.88. The molecule has 2 saturated carbocycles. The molecule has 1 spiro atoms. The van der Waals surface area contributed by atoms with Crippen LogP contribution in [-0.4, -0.2) is 5.78 Å². The van der Waals surface area contributed by atoms with Gasteiger partial charge in [0.25, 0.3) is 0 Å². The van der Waals surface area contributed by atoms with Crippen LogP contribution in [0.25, 0.3) is 0 Å². The monoisotopic (exact) mass is 434 g/mol. The van der Waals surface area contributed by atoms with Crippen molar-refractivity contribution in [1.82, 2.24) is 0 Å². The number of carbonyl (C=O) groups is 1. The fourth-order valence-corrected chi connectivity index (χ4v) is 97.4. The Labute approximate surface area is 165 Å². The summed E-state index contributed by atoms with van der Waals surface area (Å²) in [7, 11) is 0. The molecule has 12 fully saturated rings. The molecule has 6 atom stereocenters. The van der Waals surface area contributed by atoms with Gasteiger partial charge in [0, 0.05) is 0 Å². The van der Waals surface area contributed by atoms with Gasteiger partial charge in [-0.2, -0.15) is 0 Å². The number of hydrogen-bond donors (Lipinski definition) is 0. The summed E-state index contributed by atoms with van der Waals surface area (Å²) in [6.07, 6.45) is 16.8. The molecule has 0 aromatic carbocycles. The number of ketones is 1. The first kappa shape index (κ1) is 14.4. The van der Waals surface area contributed by atoms with E-state index in [9.17, 15) is 4.79 Å². The van der Waals surface area contributed by atoms with Crippen molar-refractivity contribution >= 4 is 5.78 Å². The molecule has 10 aliphatic heterocycles. The molecule has 12 rings (SSSR count). The van der Waals surface area contributed by atoms with Crippen LogP contribution in [0.1, 0.15) is 84.0 Å². The van der Waals surface area contributed by atoms with Crippen LogP contribution < -0.4 is 0 Å². The standard InChI is InChI=1S/C22H33O.C5H5.Fe/c1-2-3-9-16-22(19-13-5-4-6-14-19)17-10-15-20(23)21(22)18-11-7-8-12-18;1-2-4-5-3-1;/h7-8,11-12,19,21H,2-6,9-10,13-17H2,1H3;1-5H;. The van der Waals surface area contributed by atoms with Gasteiger partial charge in [-0.3, -0.25) is 0 Å². The van der Waals surface area contributed by atoms with Gasteiger partial charge in [-0.05, 0) is 0 Å². The van der Waals surface area contributed by atoms with Crippen LogP contribution in [0.4, 0.5) is 0 Å². The van der Waals surface area contributed by atoms with Gasteiger partial charge in [0.15, 0.2) is 0 Å². The van der Waals surface area contributed by atoms with Crippen molar-refractivity contribution in [2.45, 2.75) is 132 Å². The van der Waals surface area contributed by atoms with Crippen LogP contribution in [0.2, 0.25) is 47.7 Å². The molecule has 0 aromatic rings. The number of rotatable bonds is 6. The van der Waals surface area contributed by atoms with E-state index < -0.39 is 6.51 Å². The molecule has 2 heteroatoms. The summed E-state index contributed by atoms with van der Waals surface area (Å²) in [5.41, 5.74) is 0.489. The Kier molecular flexibility index (Phi) is 0.933. The first-order valence-corrected chi connectivity index (χ1v) is 20.0. The van der Waals surface area contributed by atoms with Gasteiger partial charge in [0.05, 0.1) is 0 Å². The summed E-state index contributed by atoms with van der Waals surface area (Å²) in [6, 6.07) is 0. The quantitative estimate of drug-likeness (QED) is 0.304. The predicted octanol–water partition coefficient (Wildman–Crippen LogP) is 8.26. The Balaban J connectivity index is 1.11. The van der Waals surface area contributed by atoms with Crippen LogP contribution in [-0.2, 0) is 11.3 Å². The third-order valence-electron chi connectivity index (χ3n) is 20.9. The summed E-state index contributed by atoms with van der Waals surface area (Å²) in [4.78, 5) is 26.5. The SMILES string of the molecule is CCCCCC1(C2CCCCC2)CCCC(=O)C1[C]12[CH]3[CH]4[CH]5[CH]1[Fe]45321678[CH]2[CH]1[CH]6[CH]7[CH]28. The zero-order chi connectivity index (χ0) is 18.7. The second-order valence-corrected chi connectivity index (χ2v) is 40.1. The molecule has 10 saturated heterocycles. The first-order chi connectivity index (χ1) is 14.0. The summed E-state index contributed by atoms with van der Waals surface area (Å²) < 4.78 is 0.820. The van der Waals surface area contributed by atoms with Crippen LogP contribution >= 0.6 is 0 Å². The van der Waals surface area contributed by atoms with Gasteiger partial charge >= 0.3 is 166 Å². The van der Waals surface area contributed by atoms with Crippen LogP contribution in [0.5, 0.6) is 0 Å². The van der Waals surface area contributed by atoms with E-state index in [2.05, 4.69) is 6.92 Å². The second-order valence-electron chi connectivity index (χ2n) is 16.5. The molecule has 29 heavy (non-hydrogen) atoms. The van der Waals surface area contributed by atoms with Crippen molar-refractivity contribution in [2.24, 2.45) is 17.3 Å². The zero-order valence-electron chi connectivity index (χ0n) is 18.1. The third kappa shape index (κ3) is 0.295. The fraction of sp³-hybridized carbons (Fsp3) is 0.963. The van der Waals surface area contributed by atoms with E-state index in [0.29, 0.717) is 11.3 Å². The van der Waals surface area contributed by atoms with Crippen LogP contribution in [0, 0.1) is 17.3 Å². The predicted molar refractivity (Wildman–Crippen MR) is 112 cm³/mol. The van der Waals surface area contributed by atoms with Crippen molar-refractivity contribution in [3.8, 4) is 0 Å². The number of carbonyl (C=O) groups excluding carboxylic acids is 1. The molecule has 0 bridgehead atoms. The Bertz CT molecular complexity index is 1230. The molecule has 0 aromatic heterocycles. The van der Waals surface area contributed by atoms with Gasteiger partial charge in [0.2, 0.25) is 0 Å². The maximum atomic E-state index is 14.2. The molecule has 2 aliphatic carbocycles. The number of unbranched alkanes of at least 4 members (excludes halogenated alkanes) is 2. The van der Waals surface area contributed by atoms with Gasteiger partial charge in [-0.25, -0.2) is 0 Å². The Hall–Kier alpha value is 0.189. The van der Waals surface area contributed by atoms with Crippen molar-refractivity contribution < 1.29 is 11.3 Å². The van der Waals surface area contributed by atoms with Gasteiger partial charge in [0.1, 0.15) is 0 Å². The van der Waals surface area contributed by atoms with Crippen molar-refractivity contribution in [3.05, 3.63) is 0 Å². The average molecular weight is 434 g/mol. The fourth-order valence-electron chi connectivity index (χ4n) is 22.3. The normalized spacial score (nSPS) is 89.6. The van der Waals surface area contributed by atoms with Crippen LogP contribution in [0.3, 0.4) is 0 Å². The molecule has 1 nitrogen and oxygen atoms in total. The van der Waals surface area contributed by atoms with E-state index in [0.717, 1.165) is 22.4 Å². The van der Waals surface area contributed by atoms with E-state index in [-0.39, 0.29) is 0 Å². The van der Waals surface area contributed by atoms with E-state index in [1.165, 1.54) is 114 Å². The minimum absolute atomic E-state index is 0.489. The number of Topliss-reactive ketones (excluding diaryl/α,β-unsaturated/α-hetero) is 1. The Morgan fingerprint density at radius 1 is 0.862 bits per heavy atom. The molecule has 160 valence electrons. The van der Waals surface area contributed by atoms with E-state index in [1.54, 1.807) is 0 Å². The molecular formula is C27H38FeO. The Morgan fingerprint density at radius 3 is 2.03 bits per heavy atom. The topological polar surface area (TPSA) is 17.1 Å². The third-order valence-corrected chi connectivity index (χ3v) is 63.5. The molecule has 12 aliphatic rings. The maximum absolute atomic E-state index is 14.2. The zero-order valence-corrected chi connectivity index (χ0v) is 19.2. The van der Waals surface area contributed by atoms with E-state index in [4.69, 9.17) is 0 Å². The number of fused-ring (bicyclic) bond motifs is 10. The van der Waals surface area contributed by atoms with E-state index >= 15 is 0 Å². The molecule has 0 radical (unpaired) electrons. The van der Waals surface area contributed by atoms with Crippen molar-refractivity contribution in [1.29, 1.82) is 0 Å². The van der Waals surface area contributed by atoms with Gasteiger partial charge in [-0.1, -0.05) is 0 Å². The molecular weight excluding hydrogens is 396 g/mol. The summed E-state index contributed by atoms with van der Waals surface area (Å²) in [5.74, 6) is 2.44. The molecule has 6 unspecified atom stereocenters.